The molecule has 1 aliphatic carbocycles. The second kappa shape index (κ2) is 5.40. The highest BCUT2D eigenvalue weighted by atomic mass is 16.3. The first-order chi connectivity index (χ1) is 8.90. The third-order valence-electron chi connectivity index (χ3n) is 4.49. The van der Waals surface area contributed by atoms with Crippen LogP contribution in [0.25, 0.3) is 0 Å². The summed E-state index contributed by atoms with van der Waals surface area (Å²) in [6.45, 7) is 10.9. The molecule has 19 heavy (non-hydrogen) atoms. The van der Waals surface area contributed by atoms with Crippen molar-refractivity contribution in [3.8, 4) is 5.75 Å². The SMILES string of the molecule is CC1=CC(c2cc(C)cc(C)c2O)C(C(C)C)CC1. The van der Waals surface area contributed by atoms with Gasteiger partial charge in [-0.1, -0.05) is 43.2 Å². The van der Waals surface area contributed by atoms with Gasteiger partial charge in [0, 0.05) is 11.5 Å². The molecule has 1 aromatic carbocycles. The van der Waals surface area contributed by atoms with Crippen molar-refractivity contribution in [2.24, 2.45) is 11.8 Å². The Morgan fingerprint density at radius 3 is 2.47 bits per heavy atom. The van der Waals surface area contributed by atoms with Crippen LogP contribution in [0.2, 0.25) is 0 Å². The zero-order chi connectivity index (χ0) is 14.2. The van der Waals surface area contributed by atoms with Gasteiger partial charge in [0.1, 0.15) is 5.75 Å². The summed E-state index contributed by atoms with van der Waals surface area (Å²) in [5.41, 5.74) is 4.81. The minimum absolute atomic E-state index is 0.368. The minimum Gasteiger partial charge on any atom is -0.507 e. The van der Waals surface area contributed by atoms with Crippen molar-refractivity contribution in [3.05, 3.63) is 40.5 Å². The van der Waals surface area contributed by atoms with Crippen molar-refractivity contribution < 1.29 is 5.11 Å². The molecule has 0 fully saturated rings. The van der Waals surface area contributed by atoms with Crippen LogP contribution in [0.1, 0.15) is 56.2 Å². The molecule has 0 spiro atoms. The molecule has 1 N–H and O–H groups in total. The van der Waals surface area contributed by atoms with E-state index in [4.69, 9.17) is 0 Å². The van der Waals surface area contributed by atoms with Gasteiger partial charge in [-0.25, -0.2) is 0 Å². The molecule has 0 aromatic heterocycles. The quantitative estimate of drug-likeness (QED) is 0.731. The second-order valence-corrected chi connectivity index (χ2v) is 6.51. The molecule has 104 valence electrons. The molecule has 1 aromatic rings. The van der Waals surface area contributed by atoms with E-state index in [1.165, 1.54) is 24.0 Å². The molecule has 2 rings (SSSR count). The van der Waals surface area contributed by atoms with E-state index in [1.807, 2.05) is 6.92 Å². The van der Waals surface area contributed by atoms with E-state index in [0.717, 1.165) is 11.1 Å². The molecule has 1 heteroatoms. The fourth-order valence-electron chi connectivity index (χ4n) is 3.40. The van der Waals surface area contributed by atoms with E-state index in [1.54, 1.807) is 0 Å². The maximum absolute atomic E-state index is 10.4. The monoisotopic (exact) mass is 258 g/mol. The van der Waals surface area contributed by atoms with Crippen molar-refractivity contribution in [3.63, 3.8) is 0 Å². The third kappa shape index (κ3) is 2.86. The molecule has 0 saturated carbocycles. The standard InChI is InChI=1S/C18H26O/c1-11(2)15-7-6-12(3)9-16(15)17-10-13(4)8-14(5)18(17)19/h8-11,15-16,19H,6-7H2,1-5H3. The van der Waals surface area contributed by atoms with Crippen molar-refractivity contribution in [1.82, 2.24) is 0 Å². The maximum atomic E-state index is 10.4. The number of aromatic hydroxyl groups is 1. The average molecular weight is 258 g/mol. The topological polar surface area (TPSA) is 20.2 Å². The number of hydrogen-bond donors (Lipinski definition) is 1. The van der Waals surface area contributed by atoms with Crippen LogP contribution < -0.4 is 0 Å². The Kier molecular flexibility index (Phi) is 4.03. The van der Waals surface area contributed by atoms with Gasteiger partial charge in [0.05, 0.1) is 0 Å². The van der Waals surface area contributed by atoms with Gasteiger partial charge < -0.3 is 5.11 Å². The van der Waals surface area contributed by atoms with Crippen molar-refractivity contribution >= 4 is 0 Å². The smallest absolute Gasteiger partial charge is 0.122 e. The maximum Gasteiger partial charge on any atom is 0.122 e. The molecular weight excluding hydrogens is 232 g/mol. The van der Waals surface area contributed by atoms with Crippen LogP contribution in [-0.4, -0.2) is 5.11 Å². The largest absolute Gasteiger partial charge is 0.507 e. The molecule has 0 radical (unpaired) electrons. The number of benzene rings is 1. The summed E-state index contributed by atoms with van der Waals surface area (Å²) < 4.78 is 0. The highest BCUT2D eigenvalue weighted by Gasteiger charge is 2.29. The number of allylic oxidation sites excluding steroid dienone is 2. The third-order valence-corrected chi connectivity index (χ3v) is 4.49. The molecular formula is C18H26O. The van der Waals surface area contributed by atoms with Crippen LogP contribution >= 0.6 is 0 Å². The number of aryl methyl sites for hydroxylation is 2. The Morgan fingerprint density at radius 1 is 1.16 bits per heavy atom. The van der Waals surface area contributed by atoms with Crippen LogP contribution in [0, 0.1) is 25.7 Å². The summed E-state index contributed by atoms with van der Waals surface area (Å²) in [5, 5.41) is 10.4. The van der Waals surface area contributed by atoms with Crippen LogP contribution in [0.15, 0.2) is 23.8 Å². The van der Waals surface area contributed by atoms with E-state index < -0.39 is 0 Å². The lowest BCUT2D eigenvalue weighted by atomic mass is 9.71. The van der Waals surface area contributed by atoms with Crippen molar-refractivity contribution in [1.29, 1.82) is 0 Å². The predicted octanol–water partition coefficient (Wildman–Crippen LogP) is 5.10. The molecule has 2 unspecified atom stereocenters. The number of phenols is 1. The van der Waals surface area contributed by atoms with Gasteiger partial charge in [-0.2, -0.15) is 0 Å². The fraction of sp³-hybridized carbons (Fsp3) is 0.556. The van der Waals surface area contributed by atoms with E-state index in [9.17, 15) is 5.11 Å². The lowest BCUT2D eigenvalue weighted by Gasteiger charge is -2.33. The van der Waals surface area contributed by atoms with Crippen molar-refractivity contribution in [2.75, 3.05) is 0 Å². The molecule has 0 heterocycles. The summed E-state index contributed by atoms with van der Waals surface area (Å²) in [4.78, 5) is 0. The van der Waals surface area contributed by atoms with Crippen molar-refractivity contribution in [2.45, 2.75) is 53.4 Å². The first kappa shape index (κ1) is 14.2. The summed E-state index contributed by atoms with van der Waals surface area (Å²) >= 11 is 0. The molecule has 0 aliphatic heterocycles. The number of hydrogen-bond acceptors (Lipinski definition) is 1. The van der Waals surface area contributed by atoms with Gasteiger partial charge in [0.15, 0.2) is 0 Å². The van der Waals surface area contributed by atoms with Gasteiger partial charge in [-0.05, 0) is 51.0 Å². The van der Waals surface area contributed by atoms with Gasteiger partial charge in [0.2, 0.25) is 0 Å². The zero-order valence-corrected chi connectivity index (χ0v) is 12.8. The van der Waals surface area contributed by atoms with E-state index >= 15 is 0 Å². The zero-order valence-electron chi connectivity index (χ0n) is 12.8. The molecule has 1 nitrogen and oxygen atoms in total. The molecule has 1 aliphatic rings. The fourth-order valence-corrected chi connectivity index (χ4v) is 3.40. The highest BCUT2D eigenvalue weighted by Crippen LogP contribution is 2.44. The van der Waals surface area contributed by atoms with Gasteiger partial charge in [0.25, 0.3) is 0 Å². The summed E-state index contributed by atoms with van der Waals surface area (Å²) in [6, 6.07) is 4.22. The Morgan fingerprint density at radius 2 is 1.84 bits per heavy atom. The van der Waals surface area contributed by atoms with E-state index in [-0.39, 0.29) is 0 Å². The van der Waals surface area contributed by atoms with E-state index in [2.05, 4.69) is 45.9 Å². The molecule has 0 saturated heterocycles. The van der Waals surface area contributed by atoms with E-state index in [0.29, 0.717) is 23.5 Å². The minimum atomic E-state index is 0.368. The highest BCUT2D eigenvalue weighted by molar-refractivity contribution is 5.47. The number of rotatable bonds is 2. The molecule has 0 amide bonds. The van der Waals surface area contributed by atoms with Crippen LogP contribution in [-0.2, 0) is 0 Å². The molecule has 0 bridgehead atoms. The predicted molar refractivity (Wildman–Crippen MR) is 81.6 cm³/mol. The first-order valence-corrected chi connectivity index (χ1v) is 7.37. The lowest BCUT2D eigenvalue weighted by Crippen LogP contribution is -2.21. The Balaban J connectivity index is 2.50. The average Bonchev–Trinajstić information content (AvgIpc) is 2.33. The van der Waals surface area contributed by atoms with Gasteiger partial charge >= 0.3 is 0 Å². The second-order valence-electron chi connectivity index (χ2n) is 6.51. The summed E-state index contributed by atoms with van der Waals surface area (Å²) in [7, 11) is 0. The Hall–Kier alpha value is -1.24. The van der Waals surface area contributed by atoms with Gasteiger partial charge in [-0.3, -0.25) is 0 Å². The van der Waals surface area contributed by atoms with Gasteiger partial charge in [-0.15, -0.1) is 0 Å². The summed E-state index contributed by atoms with van der Waals surface area (Å²) in [5.74, 6) is 2.14. The first-order valence-electron chi connectivity index (χ1n) is 7.37. The molecule has 2 atom stereocenters. The number of phenolic OH excluding ortho intramolecular Hbond substituents is 1. The normalized spacial score (nSPS) is 23.6. The van der Waals surface area contributed by atoms with Crippen LogP contribution in [0.3, 0.4) is 0 Å². The Labute approximate surface area is 117 Å². The lowest BCUT2D eigenvalue weighted by molar-refractivity contribution is 0.310. The summed E-state index contributed by atoms with van der Waals surface area (Å²) in [6.07, 6.45) is 4.81. The Bertz CT molecular complexity index is 497. The van der Waals surface area contributed by atoms with Crippen LogP contribution in [0.5, 0.6) is 5.75 Å². The van der Waals surface area contributed by atoms with Crippen LogP contribution in [0.4, 0.5) is 0 Å².